The van der Waals surface area contributed by atoms with Crippen molar-refractivity contribution in [3.8, 4) is 11.8 Å². The zero-order valence-corrected chi connectivity index (χ0v) is 11.5. The molecule has 1 aliphatic carbocycles. The molecule has 1 atom stereocenters. The van der Waals surface area contributed by atoms with Crippen molar-refractivity contribution in [2.24, 2.45) is 0 Å². The lowest BCUT2D eigenvalue weighted by Crippen LogP contribution is -2.05. The van der Waals surface area contributed by atoms with E-state index < -0.39 is 11.7 Å². The van der Waals surface area contributed by atoms with Gasteiger partial charge < -0.3 is 5.11 Å². The first-order valence-electron chi connectivity index (χ1n) is 6.80. The zero-order chi connectivity index (χ0) is 15.9. The van der Waals surface area contributed by atoms with Crippen LogP contribution in [0.15, 0.2) is 36.4 Å². The summed E-state index contributed by atoms with van der Waals surface area (Å²) in [4.78, 5) is 0. The van der Waals surface area contributed by atoms with Crippen molar-refractivity contribution in [1.29, 1.82) is 5.26 Å². The summed E-state index contributed by atoms with van der Waals surface area (Å²) in [5, 5.41) is 18.8. The van der Waals surface area contributed by atoms with Gasteiger partial charge in [0.05, 0.1) is 17.2 Å². The van der Waals surface area contributed by atoms with Gasteiger partial charge in [-0.05, 0) is 59.7 Å². The molecule has 0 spiro atoms. The predicted molar refractivity (Wildman–Crippen MR) is 74.4 cm³/mol. The molecule has 22 heavy (non-hydrogen) atoms. The average Bonchev–Trinajstić information content (AvgIpc) is 2.91. The number of phenols is 1. The summed E-state index contributed by atoms with van der Waals surface area (Å²) >= 11 is 0. The van der Waals surface area contributed by atoms with Crippen LogP contribution < -0.4 is 0 Å². The minimum atomic E-state index is -4.47. The van der Waals surface area contributed by atoms with Crippen LogP contribution >= 0.6 is 0 Å². The quantitative estimate of drug-likeness (QED) is 0.859. The molecule has 1 aliphatic rings. The standard InChI is InChI=1S/C17H12F3NO/c18-17(19,20)14-6-13-5-12(7-15(13)16(22)8-14)11-3-1-2-10(4-11)9-21/h1-4,6,8,12,22H,5,7H2/t12-/m1/s1. The Hall–Kier alpha value is -2.48. The molecule has 2 aromatic rings. The molecule has 0 aromatic heterocycles. The second-order valence-electron chi connectivity index (χ2n) is 5.47. The van der Waals surface area contributed by atoms with Gasteiger partial charge in [0.25, 0.3) is 0 Å². The van der Waals surface area contributed by atoms with Gasteiger partial charge in [0.2, 0.25) is 0 Å². The number of hydrogen-bond donors (Lipinski definition) is 1. The van der Waals surface area contributed by atoms with Crippen LogP contribution in [0.1, 0.15) is 33.7 Å². The maximum Gasteiger partial charge on any atom is 0.416 e. The van der Waals surface area contributed by atoms with E-state index in [9.17, 15) is 18.3 Å². The molecular formula is C17H12F3NO. The highest BCUT2D eigenvalue weighted by atomic mass is 19.4. The number of phenolic OH excluding ortho intramolecular Hbond substituents is 1. The fraction of sp³-hybridized carbons (Fsp3) is 0.235. The third-order valence-electron chi connectivity index (χ3n) is 4.05. The van der Waals surface area contributed by atoms with E-state index in [0.29, 0.717) is 29.5 Å². The van der Waals surface area contributed by atoms with E-state index in [1.54, 1.807) is 18.2 Å². The van der Waals surface area contributed by atoms with Crippen molar-refractivity contribution in [2.45, 2.75) is 24.9 Å². The third-order valence-corrected chi connectivity index (χ3v) is 4.05. The molecule has 0 saturated heterocycles. The predicted octanol–water partition coefficient (Wildman–Crippen LogP) is 4.17. The molecule has 0 radical (unpaired) electrons. The molecule has 1 N–H and O–H groups in total. The van der Waals surface area contributed by atoms with E-state index in [-0.39, 0.29) is 11.7 Å². The normalized spacial score (nSPS) is 17.1. The van der Waals surface area contributed by atoms with Crippen LogP contribution in [0.3, 0.4) is 0 Å². The molecule has 0 aliphatic heterocycles. The number of halogens is 3. The Morgan fingerprint density at radius 2 is 1.91 bits per heavy atom. The number of aromatic hydroxyl groups is 1. The van der Waals surface area contributed by atoms with Crippen molar-refractivity contribution in [1.82, 2.24) is 0 Å². The van der Waals surface area contributed by atoms with Crippen molar-refractivity contribution in [3.63, 3.8) is 0 Å². The Labute approximate surface area is 125 Å². The molecule has 0 bridgehead atoms. The van der Waals surface area contributed by atoms with Gasteiger partial charge in [0, 0.05) is 0 Å². The summed E-state index contributed by atoms with van der Waals surface area (Å²) < 4.78 is 38.4. The molecule has 2 nitrogen and oxygen atoms in total. The van der Waals surface area contributed by atoms with E-state index >= 15 is 0 Å². The van der Waals surface area contributed by atoms with Crippen LogP contribution in [-0.4, -0.2) is 5.11 Å². The molecule has 0 fully saturated rings. The van der Waals surface area contributed by atoms with Crippen molar-refractivity contribution in [2.75, 3.05) is 0 Å². The summed E-state index contributed by atoms with van der Waals surface area (Å²) in [7, 11) is 0. The van der Waals surface area contributed by atoms with Gasteiger partial charge in [-0.25, -0.2) is 0 Å². The summed E-state index contributed by atoms with van der Waals surface area (Å²) in [5.41, 5.74) is 1.70. The van der Waals surface area contributed by atoms with Gasteiger partial charge in [-0.15, -0.1) is 0 Å². The first-order valence-corrected chi connectivity index (χ1v) is 6.80. The monoisotopic (exact) mass is 303 g/mol. The third kappa shape index (κ3) is 2.52. The molecule has 5 heteroatoms. The van der Waals surface area contributed by atoms with Gasteiger partial charge in [-0.3, -0.25) is 0 Å². The molecule has 0 unspecified atom stereocenters. The first kappa shape index (κ1) is 14.5. The summed E-state index contributed by atoms with van der Waals surface area (Å²) in [5.74, 6) is -0.318. The van der Waals surface area contributed by atoms with Crippen LogP contribution in [0.4, 0.5) is 13.2 Å². The maximum atomic E-state index is 12.8. The van der Waals surface area contributed by atoms with Crippen LogP contribution in [0, 0.1) is 11.3 Å². The topological polar surface area (TPSA) is 44.0 Å². The van der Waals surface area contributed by atoms with Crippen molar-refractivity contribution < 1.29 is 18.3 Å². The van der Waals surface area contributed by atoms with E-state index in [1.165, 1.54) is 0 Å². The van der Waals surface area contributed by atoms with E-state index in [1.807, 2.05) is 6.07 Å². The summed E-state index contributed by atoms with van der Waals surface area (Å²) in [6.07, 6.45) is -3.55. The van der Waals surface area contributed by atoms with Gasteiger partial charge in [0.1, 0.15) is 5.75 Å². The van der Waals surface area contributed by atoms with E-state index in [2.05, 4.69) is 6.07 Å². The SMILES string of the molecule is N#Cc1cccc([C@@H]2Cc3cc(C(F)(F)F)cc(O)c3C2)c1. The molecule has 3 rings (SSSR count). The second kappa shape index (κ2) is 5.06. The van der Waals surface area contributed by atoms with Gasteiger partial charge >= 0.3 is 6.18 Å². The molecule has 0 amide bonds. The van der Waals surface area contributed by atoms with Crippen LogP contribution in [-0.2, 0) is 19.0 Å². The molecule has 2 aromatic carbocycles. The highest BCUT2D eigenvalue weighted by Crippen LogP contribution is 2.42. The Bertz CT molecular complexity index is 774. The maximum absolute atomic E-state index is 12.8. The Kier molecular flexibility index (Phi) is 3.32. The highest BCUT2D eigenvalue weighted by molar-refractivity contribution is 5.49. The lowest BCUT2D eigenvalue weighted by Gasteiger charge is -2.10. The molecule has 112 valence electrons. The van der Waals surface area contributed by atoms with Gasteiger partial charge in [0.15, 0.2) is 0 Å². The average molecular weight is 303 g/mol. The van der Waals surface area contributed by atoms with Gasteiger partial charge in [-0.2, -0.15) is 18.4 Å². The second-order valence-corrected chi connectivity index (χ2v) is 5.47. The minimum absolute atomic E-state index is 0.0160. The van der Waals surface area contributed by atoms with Crippen molar-refractivity contribution in [3.05, 3.63) is 64.2 Å². The smallest absolute Gasteiger partial charge is 0.416 e. The molecule has 0 saturated carbocycles. The fourth-order valence-electron chi connectivity index (χ4n) is 2.98. The summed E-state index contributed by atoms with van der Waals surface area (Å²) in [6.45, 7) is 0. The number of rotatable bonds is 1. The Morgan fingerprint density at radius 1 is 1.14 bits per heavy atom. The number of nitrogens with zero attached hydrogens (tertiary/aromatic N) is 1. The lowest BCUT2D eigenvalue weighted by molar-refractivity contribution is -0.137. The van der Waals surface area contributed by atoms with Crippen LogP contribution in [0.5, 0.6) is 5.75 Å². The Balaban J connectivity index is 1.96. The number of benzene rings is 2. The number of nitriles is 1. The number of alkyl halides is 3. The number of fused-ring (bicyclic) bond motifs is 1. The minimum Gasteiger partial charge on any atom is -0.508 e. The lowest BCUT2D eigenvalue weighted by atomic mass is 9.95. The van der Waals surface area contributed by atoms with Crippen LogP contribution in [0.25, 0.3) is 0 Å². The molecule has 0 heterocycles. The van der Waals surface area contributed by atoms with E-state index in [4.69, 9.17) is 5.26 Å². The van der Waals surface area contributed by atoms with E-state index in [0.717, 1.165) is 17.7 Å². The largest absolute Gasteiger partial charge is 0.508 e. The van der Waals surface area contributed by atoms with Crippen LogP contribution in [0.2, 0.25) is 0 Å². The summed E-state index contributed by atoms with van der Waals surface area (Å²) in [6, 6.07) is 11.0. The van der Waals surface area contributed by atoms with Crippen molar-refractivity contribution >= 4 is 0 Å². The molecular weight excluding hydrogens is 291 g/mol. The first-order chi connectivity index (χ1) is 10.4. The number of hydrogen-bond acceptors (Lipinski definition) is 2. The zero-order valence-electron chi connectivity index (χ0n) is 11.5. The van der Waals surface area contributed by atoms with Gasteiger partial charge in [-0.1, -0.05) is 12.1 Å². The highest BCUT2D eigenvalue weighted by Gasteiger charge is 2.34. The Morgan fingerprint density at radius 3 is 2.59 bits per heavy atom. The fourth-order valence-corrected chi connectivity index (χ4v) is 2.98.